The van der Waals surface area contributed by atoms with Gasteiger partial charge in [-0.3, -0.25) is 9.52 Å². The van der Waals surface area contributed by atoms with Crippen LogP contribution in [-0.2, 0) is 14.8 Å². The lowest BCUT2D eigenvalue weighted by atomic mass is 9.49. The van der Waals surface area contributed by atoms with Crippen LogP contribution in [0, 0.1) is 24.2 Å². The molecule has 0 aromatic heterocycles. The van der Waals surface area contributed by atoms with Gasteiger partial charge in [-0.05, 0) is 88.0 Å². The van der Waals surface area contributed by atoms with Gasteiger partial charge in [0.25, 0.3) is 0 Å². The lowest BCUT2D eigenvalue weighted by Gasteiger charge is -2.59. The van der Waals surface area contributed by atoms with Crippen molar-refractivity contribution >= 4 is 43.2 Å². The van der Waals surface area contributed by atoms with Gasteiger partial charge in [-0.25, -0.2) is 8.42 Å². The average molecular weight is 455 g/mol. The molecule has 4 bridgehead atoms. The van der Waals surface area contributed by atoms with Gasteiger partial charge in [0.05, 0.1) is 16.9 Å². The Balaban J connectivity index is 1.51. The first kappa shape index (κ1) is 19.2. The van der Waals surface area contributed by atoms with Crippen LogP contribution < -0.4 is 10.0 Å². The number of carbonyl (C=O) groups is 1. The third-order valence-corrected chi connectivity index (χ3v) is 8.82. The quantitative estimate of drug-likeness (QED) is 0.645. The molecule has 4 saturated carbocycles. The van der Waals surface area contributed by atoms with Crippen LogP contribution in [0.3, 0.4) is 0 Å². The summed E-state index contributed by atoms with van der Waals surface area (Å²) in [7, 11) is -3.31. The zero-order valence-corrected chi connectivity index (χ0v) is 18.2. The SMILES string of the molecule is CCS(=O)(=O)Nc1ccc(NC(=O)C23CC4CC(CC(Br)(C4)C2)C3)cc1C. The molecule has 1 aromatic rings. The molecule has 5 rings (SSSR count). The fraction of sp³-hybridized carbons (Fsp3) is 0.650. The number of halogens is 1. The molecular formula is C20H27BrN2O3S. The van der Waals surface area contributed by atoms with Crippen molar-refractivity contribution in [3.05, 3.63) is 23.8 Å². The van der Waals surface area contributed by atoms with Crippen molar-refractivity contribution in [2.75, 3.05) is 15.8 Å². The zero-order valence-electron chi connectivity index (χ0n) is 15.8. The van der Waals surface area contributed by atoms with E-state index in [9.17, 15) is 13.2 Å². The molecule has 0 saturated heterocycles. The van der Waals surface area contributed by atoms with E-state index >= 15 is 0 Å². The highest BCUT2D eigenvalue weighted by Gasteiger charge is 2.59. The van der Waals surface area contributed by atoms with Gasteiger partial charge in [-0.15, -0.1) is 0 Å². The van der Waals surface area contributed by atoms with Gasteiger partial charge in [0, 0.05) is 10.0 Å². The van der Waals surface area contributed by atoms with E-state index in [-0.39, 0.29) is 21.4 Å². The molecule has 0 heterocycles. The monoisotopic (exact) mass is 454 g/mol. The maximum atomic E-state index is 13.2. The standard InChI is InChI=1S/C20H27BrN2O3S/c1-3-27(25,26)23-17-5-4-16(6-13(17)2)22-18(24)19-8-14-7-15(9-19)11-20(21,10-14)12-19/h4-6,14-15,23H,3,7-12H2,1-2H3,(H,22,24). The van der Waals surface area contributed by atoms with Gasteiger partial charge < -0.3 is 5.32 Å². The molecule has 0 spiro atoms. The Kier molecular flexibility index (Phi) is 4.62. The number of anilines is 2. The topological polar surface area (TPSA) is 75.3 Å². The van der Waals surface area contributed by atoms with Crippen molar-refractivity contribution in [1.82, 2.24) is 0 Å². The van der Waals surface area contributed by atoms with Crippen LogP contribution in [-0.4, -0.2) is 24.4 Å². The van der Waals surface area contributed by atoms with E-state index in [1.165, 1.54) is 19.3 Å². The maximum Gasteiger partial charge on any atom is 0.232 e. The van der Waals surface area contributed by atoms with E-state index in [0.717, 1.165) is 30.5 Å². The molecule has 7 heteroatoms. The molecular weight excluding hydrogens is 428 g/mol. The molecule has 148 valence electrons. The van der Waals surface area contributed by atoms with Crippen LogP contribution in [0.25, 0.3) is 0 Å². The van der Waals surface area contributed by atoms with Crippen molar-refractivity contribution < 1.29 is 13.2 Å². The van der Waals surface area contributed by atoms with Crippen LogP contribution >= 0.6 is 15.9 Å². The third-order valence-electron chi connectivity index (χ3n) is 6.60. The molecule has 5 nitrogen and oxygen atoms in total. The van der Waals surface area contributed by atoms with Crippen molar-refractivity contribution in [2.24, 2.45) is 17.3 Å². The second-order valence-corrected chi connectivity index (χ2v) is 12.6. The Morgan fingerprint density at radius 2 is 1.89 bits per heavy atom. The van der Waals surface area contributed by atoms with Crippen LogP contribution in [0.4, 0.5) is 11.4 Å². The number of hydrogen-bond acceptors (Lipinski definition) is 3. The van der Waals surface area contributed by atoms with Gasteiger partial charge in [0.15, 0.2) is 0 Å². The molecule has 0 radical (unpaired) electrons. The molecule has 2 unspecified atom stereocenters. The smallest absolute Gasteiger partial charge is 0.232 e. The highest BCUT2D eigenvalue weighted by atomic mass is 79.9. The van der Waals surface area contributed by atoms with E-state index in [1.807, 2.05) is 13.0 Å². The van der Waals surface area contributed by atoms with Crippen molar-refractivity contribution in [3.8, 4) is 0 Å². The highest BCUT2D eigenvalue weighted by Crippen LogP contribution is 2.64. The van der Waals surface area contributed by atoms with Gasteiger partial charge >= 0.3 is 0 Å². The first-order valence-corrected chi connectivity index (χ1v) is 12.2. The first-order chi connectivity index (χ1) is 12.6. The third kappa shape index (κ3) is 3.65. The summed E-state index contributed by atoms with van der Waals surface area (Å²) in [4.78, 5) is 13.2. The molecule has 2 atom stereocenters. The number of carbonyl (C=O) groups excluding carboxylic acids is 1. The van der Waals surface area contributed by atoms with Crippen LogP contribution in [0.1, 0.15) is 51.0 Å². The largest absolute Gasteiger partial charge is 0.326 e. The van der Waals surface area contributed by atoms with Gasteiger partial charge in [0.2, 0.25) is 15.9 Å². The zero-order chi connectivity index (χ0) is 19.4. The average Bonchev–Trinajstić information content (AvgIpc) is 2.55. The number of aryl methyl sites for hydroxylation is 1. The Morgan fingerprint density at radius 1 is 1.22 bits per heavy atom. The van der Waals surface area contributed by atoms with Gasteiger partial charge in [-0.1, -0.05) is 15.9 Å². The number of nitrogens with one attached hydrogen (secondary N) is 2. The van der Waals surface area contributed by atoms with E-state index in [2.05, 4.69) is 26.0 Å². The van der Waals surface area contributed by atoms with Crippen LogP contribution in [0.2, 0.25) is 0 Å². The Morgan fingerprint density at radius 3 is 2.44 bits per heavy atom. The summed E-state index contributed by atoms with van der Waals surface area (Å²) >= 11 is 3.96. The van der Waals surface area contributed by atoms with Crippen LogP contribution in [0.5, 0.6) is 0 Å². The molecule has 4 aliphatic carbocycles. The number of rotatable bonds is 5. The highest BCUT2D eigenvalue weighted by molar-refractivity contribution is 9.10. The van der Waals surface area contributed by atoms with Gasteiger partial charge in [0.1, 0.15) is 0 Å². The minimum absolute atomic E-state index is 0.0318. The Labute approximate surface area is 169 Å². The minimum Gasteiger partial charge on any atom is -0.326 e. The molecule has 1 aromatic carbocycles. The maximum absolute atomic E-state index is 13.2. The molecule has 27 heavy (non-hydrogen) atoms. The van der Waals surface area contributed by atoms with Gasteiger partial charge in [-0.2, -0.15) is 0 Å². The number of sulfonamides is 1. The molecule has 2 N–H and O–H groups in total. The molecule has 4 fully saturated rings. The number of hydrogen-bond donors (Lipinski definition) is 2. The first-order valence-electron chi connectivity index (χ1n) is 9.74. The van der Waals surface area contributed by atoms with Crippen LogP contribution in [0.15, 0.2) is 18.2 Å². The second-order valence-electron chi connectivity index (χ2n) is 8.88. The molecule has 4 aliphatic rings. The normalized spacial score (nSPS) is 34.5. The number of amides is 1. The van der Waals surface area contributed by atoms with E-state index in [1.54, 1.807) is 19.1 Å². The Bertz CT molecular complexity index is 869. The summed E-state index contributed by atoms with van der Waals surface area (Å²) in [6.07, 6.45) is 6.58. The van der Waals surface area contributed by atoms with E-state index in [0.29, 0.717) is 17.5 Å². The van der Waals surface area contributed by atoms with Crippen molar-refractivity contribution in [1.29, 1.82) is 0 Å². The molecule has 0 aliphatic heterocycles. The fourth-order valence-electron chi connectivity index (χ4n) is 5.78. The summed E-state index contributed by atoms with van der Waals surface area (Å²) in [5, 5.41) is 3.12. The van der Waals surface area contributed by atoms with E-state index < -0.39 is 10.0 Å². The lowest BCUT2D eigenvalue weighted by Crippen LogP contribution is -2.57. The fourth-order valence-corrected chi connectivity index (χ4v) is 7.94. The minimum atomic E-state index is -3.31. The number of benzene rings is 1. The van der Waals surface area contributed by atoms with E-state index in [4.69, 9.17) is 0 Å². The van der Waals surface area contributed by atoms with Crippen molar-refractivity contribution in [3.63, 3.8) is 0 Å². The predicted octanol–water partition coefficient (Wildman–Crippen LogP) is 4.43. The second kappa shape index (κ2) is 6.48. The Hall–Kier alpha value is -1.08. The number of alkyl halides is 1. The summed E-state index contributed by atoms with van der Waals surface area (Å²) in [5.74, 6) is 1.47. The predicted molar refractivity (Wildman–Crippen MR) is 112 cm³/mol. The summed E-state index contributed by atoms with van der Waals surface area (Å²) in [5.41, 5.74) is 1.83. The molecule has 1 amide bonds. The lowest BCUT2D eigenvalue weighted by molar-refractivity contribution is -0.138. The summed E-state index contributed by atoms with van der Waals surface area (Å²) < 4.78 is 26.3. The summed E-state index contributed by atoms with van der Waals surface area (Å²) in [6.45, 7) is 3.45. The van der Waals surface area contributed by atoms with Crippen molar-refractivity contribution in [2.45, 2.75) is 56.7 Å². The summed E-state index contributed by atoms with van der Waals surface area (Å²) in [6, 6.07) is 5.35.